The van der Waals surface area contributed by atoms with Gasteiger partial charge in [0.1, 0.15) is 17.4 Å². The molecule has 0 unspecified atom stereocenters. The van der Waals surface area contributed by atoms with Crippen LogP contribution in [0.25, 0.3) is 0 Å². The van der Waals surface area contributed by atoms with E-state index < -0.39 is 23.7 Å². The van der Waals surface area contributed by atoms with Crippen LogP contribution in [0.2, 0.25) is 0 Å². The number of esters is 1. The summed E-state index contributed by atoms with van der Waals surface area (Å²) in [5.74, 6) is -0.619. The molecule has 1 N–H and O–H groups in total. The highest BCUT2D eigenvalue weighted by Gasteiger charge is 2.25. The predicted octanol–water partition coefficient (Wildman–Crippen LogP) is 2.19. The molecule has 0 bridgehead atoms. The van der Waals surface area contributed by atoms with Crippen molar-refractivity contribution in [3.8, 4) is 0 Å². The number of amides is 1. The van der Waals surface area contributed by atoms with Crippen molar-refractivity contribution in [2.24, 2.45) is 0 Å². The van der Waals surface area contributed by atoms with Gasteiger partial charge in [-0.3, -0.25) is 4.79 Å². The topological polar surface area (TPSA) is 81.7 Å². The molecule has 1 amide bonds. The largest absolute Gasteiger partial charge is 0.464 e. The number of carbonyl (C=O) groups is 3. The van der Waals surface area contributed by atoms with E-state index in [9.17, 15) is 14.4 Å². The highest BCUT2D eigenvalue weighted by molar-refractivity contribution is 9.09. The quantitative estimate of drug-likeness (QED) is 0.561. The third kappa shape index (κ3) is 8.90. The summed E-state index contributed by atoms with van der Waals surface area (Å²) in [5, 5.41) is 2.65. The summed E-state index contributed by atoms with van der Waals surface area (Å²) >= 11 is 3.05. The first kappa shape index (κ1) is 18.9. The van der Waals surface area contributed by atoms with Crippen molar-refractivity contribution in [2.45, 2.75) is 52.2 Å². The number of rotatable bonds is 7. The molecule has 0 radical (unpaired) electrons. The first-order chi connectivity index (χ1) is 9.19. The molecule has 0 aromatic heterocycles. The van der Waals surface area contributed by atoms with Crippen LogP contribution in [0.3, 0.4) is 0 Å². The number of ether oxygens (including phenoxy) is 2. The molecule has 0 aliphatic heterocycles. The van der Waals surface area contributed by atoms with Crippen molar-refractivity contribution >= 4 is 33.8 Å². The zero-order chi connectivity index (χ0) is 15.8. The molecule has 20 heavy (non-hydrogen) atoms. The Labute approximate surface area is 127 Å². The van der Waals surface area contributed by atoms with Crippen LogP contribution in [0.5, 0.6) is 0 Å². The van der Waals surface area contributed by atoms with E-state index in [-0.39, 0.29) is 30.6 Å². The van der Waals surface area contributed by atoms with Crippen LogP contribution in [0.4, 0.5) is 4.79 Å². The van der Waals surface area contributed by atoms with Gasteiger partial charge in [0.25, 0.3) is 0 Å². The molecule has 0 saturated heterocycles. The Hall–Kier alpha value is -1.11. The van der Waals surface area contributed by atoms with E-state index >= 15 is 0 Å². The molecule has 6 nitrogen and oxygen atoms in total. The van der Waals surface area contributed by atoms with Crippen molar-refractivity contribution in [1.29, 1.82) is 0 Å². The Bertz CT molecular complexity index is 351. The van der Waals surface area contributed by atoms with Crippen LogP contribution in [0.1, 0.15) is 40.5 Å². The summed E-state index contributed by atoms with van der Waals surface area (Å²) < 4.78 is 9.95. The number of alkyl halides is 1. The smallest absolute Gasteiger partial charge is 0.408 e. The Balaban J connectivity index is 4.56. The molecule has 0 aromatic rings. The second kappa shape index (κ2) is 8.94. The maximum Gasteiger partial charge on any atom is 0.408 e. The SMILES string of the molecule is CCOC(=O)[C@H](CCC(=O)CBr)NC(=O)OC(C)(C)C. The monoisotopic (exact) mass is 351 g/mol. The normalized spacial score (nSPS) is 12.4. The number of halogens is 1. The summed E-state index contributed by atoms with van der Waals surface area (Å²) in [6.45, 7) is 7.05. The van der Waals surface area contributed by atoms with Gasteiger partial charge in [0.2, 0.25) is 0 Å². The number of nitrogens with one attached hydrogen (secondary N) is 1. The molecule has 1 atom stereocenters. The molecule has 7 heteroatoms. The van der Waals surface area contributed by atoms with E-state index in [1.54, 1.807) is 27.7 Å². The van der Waals surface area contributed by atoms with Crippen LogP contribution in [0.15, 0.2) is 0 Å². The van der Waals surface area contributed by atoms with Crippen molar-refractivity contribution < 1.29 is 23.9 Å². The lowest BCUT2D eigenvalue weighted by Gasteiger charge is -2.22. The molecule has 0 aromatic carbocycles. The van der Waals surface area contributed by atoms with Crippen LogP contribution in [0, 0.1) is 0 Å². The Kier molecular flexibility index (Phi) is 8.45. The molecular weight excluding hydrogens is 330 g/mol. The number of hydrogen-bond donors (Lipinski definition) is 1. The third-order valence-electron chi connectivity index (χ3n) is 2.12. The number of ketones is 1. The zero-order valence-electron chi connectivity index (χ0n) is 12.3. The molecule has 0 fully saturated rings. The minimum absolute atomic E-state index is 0.0507. The Morgan fingerprint density at radius 2 is 1.85 bits per heavy atom. The van der Waals surface area contributed by atoms with Gasteiger partial charge in [0.15, 0.2) is 0 Å². The van der Waals surface area contributed by atoms with Gasteiger partial charge >= 0.3 is 12.1 Å². The van der Waals surface area contributed by atoms with Gasteiger partial charge in [-0.25, -0.2) is 9.59 Å². The van der Waals surface area contributed by atoms with Crippen molar-refractivity contribution in [3.63, 3.8) is 0 Å². The lowest BCUT2D eigenvalue weighted by atomic mass is 10.1. The van der Waals surface area contributed by atoms with Crippen molar-refractivity contribution in [2.75, 3.05) is 11.9 Å². The molecule has 0 aliphatic rings. The van der Waals surface area contributed by atoms with Gasteiger partial charge in [0.05, 0.1) is 11.9 Å². The van der Waals surface area contributed by atoms with Gasteiger partial charge in [0, 0.05) is 6.42 Å². The standard InChI is InChI=1S/C13H22BrNO5/c1-5-19-11(17)10(7-6-9(16)8-14)15-12(18)20-13(2,3)4/h10H,5-8H2,1-4H3,(H,15,18)/t10-/m0/s1. The number of alkyl carbamates (subject to hydrolysis) is 1. The molecule has 0 heterocycles. The first-order valence-corrected chi connectivity index (χ1v) is 7.55. The van der Waals surface area contributed by atoms with Gasteiger partial charge < -0.3 is 14.8 Å². The highest BCUT2D eigenvalue weighted by Crippen LogP contribution is 2.09. The van der Waals surface area contributed by atoms with E-state index in [4.69, 9.17) is 9.47 Å². The fourth-order valence-electron chi connectivity index (χ4n) is 1.31. The van der Waals surface area contributed by atoms with Crippen LogP contribution in [-0.2, 0) is 19.1 Å². The van der Waals surface area contributed by atoms with E-state index in [1.165, 1.54) is 0 Å². The summed E-state index contributed by atoms with van der Waals surface area (Å²) in [5.41, 5.74) is -0.658. The number of Topliss-reactive ketones (excluding diaryl/α,β-unsaturated/α-hetero) is 1. The average molecular weight is 352 g/mol. The van der Waals surface area contributed by atoms with Gasteiger partial charge in [-0.1, -0.05) is 15.9 Å². The Morgan fingerprint density at radius 1 is 1.25 bits per heavy atom. The lowest BCUT2D eigenvalue weighted by molar-refractivity contribution is -0.145. The second-order valence-corrected chi connectivity index (χ2v) is 5.72. The van der Waals surface area contributed by atoms with Gasteiger partial charge in [-0.05, 0) is 34.1 Å². The van der Waals surface area contributed by atoms with Gasteiger partial charge in [-0.2, -0.15) is 0 Å². The summed E-state index contributed by atoms with van der Waals surface area (Å²) in [6, 6.07) is -0.882. The molecule has 0 spiro atoms. The van der Waals surface area contributed by atoms with E-state index in [2.05, 4.69) is 21.2 Å². The molecule has 0 rings (SSSR count). The highest BCUT2D eigenvalue weighted by atomic mass is 79.9. The second-order valence-electron chi connectivity index (χ2n) is 5.16. The molecular formula is C13H22BrNO5. The average Bonchev–Trinajstić information content (AvgIpc) is 2.31. The van der Waals surface area contributed by atoms with Crippen LogP contribution in [-0.4, -0.2) is 41.4 Å². The summed E-state index contributed by atoms with van der Waals surface area (Å²) in [7, 11) is 0. The minimum atomic E-state index is -0.882. The van der Waals surface area contributed by atoms with E-state index in [0.717, 1.165) is 0 Å². The molecule has 0 aliphatic carbocycles. The van der Waals surface area contributed by atoms with Gasteiger partial charge in [-0.15, -0.1) is 0 Å². The van der Waals surface area contributed by atoms with Crippen LogP contribution >= 0.6 is 15.9 Å². The summed E-state index contributed by atoms with van der Waals surface area (Å²) in [6.07, 6.45) is -0.352. The first-order valence-electron chi connectivity index (χ1n) is 6.43. The predicted molar refractivity (Wildman–Crippen MR) is 77.8 cm³/mol. The Morgan fingerprint density at radius 3 is 2.30 bits per heavy atom. The lowest BCUT2D eigenvalue weighted by Crippen LogP contribution is -2.44. The number of hydrogen-bond acceptors (Lipinski definition) is 5. The van der Waals surface area contributed by atoms with Crippen molar-refractivity contribution in [1.82, 2.24) is 5.32 Å². The molecule has 0 saturated carbocycles. The molecule has 116 valence electrons. The summed E-state index contributed by atoms with van der Waals surface area (Å²) in [4.78, 5) is 34.7. The third-order valence-corrected chi connectivity index (χ3v) is 2.75. The fraction of sp³-hybridized carbons (Fsp3) is 0.769. The van der Waals surface area contributed by atoms with E-state index in [0.29, 0.717) is 0 Å². The van der Waals surface area contributed by atoms with Crippen molar-refractivity contribution in [3.05, 3.63) is 0 Å². The fourth-order valence-corrected chi connectivity index (χ4v) is 1.59. The minimum Gasteiger partial charge on any atom is -0.464 e. The van der Waals surface area contributed by atoms with E-state index in [1.807, 2.05) is 0 Å². The van der Waals surface area contributed by atoms with Crippen LogP contribution < -0.4 is 5.32 Å². The zero-order valence-corrected chi connectivity index (χ0v) is 13.9. The number of carbonyl (C=O) groups excluding carboxylic acids is 3. The maximum absolute atomic E-state index is 11.7. The maximum atomic E-state index is 11.7.